The monoisotopic (exact) mass is 288 g/mol. The summed E-state index contributed by atoms with van der Waals surface area (Å²) >= 11 is 5.82. The molecule has 0 aliphatic carbocycles. The Kier molecular flexibility index (Phi) is 7.05. The van der Waals surface area contributed by atoms with Gasteiger partial charge in [-0.1, -0.05) is 25.4 Å². The molecule has 0 amide bonds. The molecule has 6 heteroatoms. The summed E-state index contributed by atoms with van der Waals surface area (Å²) in [5, 5.41) is 0.251. The second kappa shape index (κ2) is 8.30. The third kappa shape index (κ3) is 5.30. The van der Waals surface area contributed by atoms with E-state index in [4.69, 9.17) is 21.1 Å². The fraction of sp³-hybridized carbons (Fsp3) is 0.692. The minimum absolute atomic E-state index is 0.111. The number of aromatic nitrogens is 2. The summed E-state index contributed by atoms with van der Waals surface area (Å²) in [6.45, 7) is 6.31. The Morgan fingerprint density at radius 3 is 2.74 bits per heavy atom. The molecule has 0 unspecified atom stereocenters. The van der Waals surface area contributed by atoms with Gasteiger partial charge in [0.2, 0.25) is 0 Å². The lowest BCUT2D eigenvalue weighted by Crippen LogP contribution is -2.26. The van der Waals surface area contributed by atoms with E-state index in [1.165, 1.54) is 6.07 Å². The normalized spacial score (nSPS) is 11.2. The second-order valence-electron chi connectivity index (χ2n) is 4.54. The van der Waals surface area contributed by atoms with Crippen LogP contribution in [0.1, 0.15) is 32.0 Å². The van der Waals surface area contributed by atoms with Crippen molar-refractivity contribution < 1.29 is 9.47 Å². The van der Waals surface area contributed by atoms with Crippen LogP contribution in [-0.2, 0) is 16.0 Å². The van der Waals surface area contributed by atoms with Crippen LogP contribution in [0.15, 0.2) is 10.9 Å². The molecule has 1 aromatic heterocycles. The molecule has 0 saturated carbocycles. The lowest BCUT2D eigenvalue weighted by atomic mass is 10.2. The van der Waals surface area contributed by atoms with Crippen molar-refractivity contribution in [2.24, 2.45) is 0 Å². The maximum absolute atomic E-state index is 11.9. The molecule has 0 bridgehead atoms. The lowest BCUT2D eigenvalue weighted by Gasteiger charge is -2.14. The van der Waals surface area contributed by atoms with Crippen LogP contribution in [-0.4, -0.2) is 36.5 Å². The highest BCUT2D eigenvalue weighted by molar-refractivity contribution is 6.29. The molecular formula is C13H21ClN2O3. The molecule has 5 nitrogen and oxygen atoms in total. The molecule has 1 heterocycles. The third-order valence-corrected chi connectivity index (χ3v) is 2.82. The van der Waals surface area contributed by atoms with Gasteiger partial charge in [0.15, 0.2) is 0 Å². The topological polar surface area (TPSA) is 53.4 Å². The van der Waals surface area contributed by atoms with E-state index in [1.54, 1.807) is 11.7 Å². The van der Waals surface area contributed by atoms with Crippen molar-refractivity contribution >= 4 is 11.6 Å². The quantitative estimate of drug-likeness (QED) is 0.543. The van der Waals surface area contributed by atoms with E-state index in [-0.39, 0.29) is 16.6 Å². The van der Waals surface area contributed by atoms with E-state index in [2.05, 4.69) is 4.98 Å². The van der Waals surface area contributed by atoms with Crippen molar-refractivity contribution in [3.63, 3.8) is 0 Å². The zero-order valence-electron chi connectivity index (χ0n) is 11.7. The van der Waals surface area contributed by atoms with Crippen LogP contribution in [0.5, 0.6) is 0 Å². The van der Waals surface area contributed by atoms with Crippen LogP contribution < -0.4 is 5.56 Å². The Bertz CT molecular complexity index is 446. The SMILES string of the molecule is COCCOCCCn1c(C(C)C)nc(Cl)cc1=O. The first-order chi connectivity index (χ1) is 9.06. The van der Waals surface area contributed by atoms with E-state index >= 15 is 0 Å². The van der Waals surface area contributed by atoms with Gasteiger partial charge in [0, 0.05) is 32.2 Å². The minimum atomic E-state index is -0.111. The number of rotatable bonds is 8. The Morgan fingerprint density at radius 2 is 2.11 bits per heavy atom. The summed E-state index contributed by atoms with van der Waals surface area (Å²) in [4.78, 5) is 16.1. The van der Waals surface area contributed by atoms with Crippen molar-refractivity contribution in [3.05, 3.63) is 27.4 Å². The average molecular weight is 289 g/mol. The fourth-order valence-electron chi connectivity index (χ4n) is 1.73. The summed E-state index contributed by atoms with van der Waals surface area (Å²) in [6.07, 6.45) is 0.757. The molecular weight excluding hydrogens is 268 g/mol. The molecule has 1 aromatic rings. The van der Waals surface area contributed by atoms with Crippen molar-refractivity contribution in [1.29, 1.82) is 0 Å². The van der Waals surface area contributed by atoms with E-state index in [1.807, 2.05) is 13.8 Å². The summed E-state index contributed by atoms with van der Waals surface area (Å²) in [6, 6.07) is 1.35. The van der Waals surface area contributed by atoms with E-state index in [0.29, 0.717) is 26.4 Å². The smallest absolute Gasteiger partial charge is 0.254 e. The van der Waals surface area contributed by atoms with Gasteiger partial charge >= 0.3 is 0 Å². The zero-order valence-corrected chi connectivity index (χ0v) is 12.4. The Balaban J connectivity index is 2.60. The largest absolute Gasteiger partial charge is 0.382 e. The summed E-state index contributed by atoms with van der Waals surface area (Å²) in [5.74, 6) is 0.871. The number of hydrogen-bond acceptors (Lipinski definition) is 4. The van der Waals surface area contributed by atoms with Gasteiger partial charge in [-0.2, -0.15) is 0 Å². The lowest BCUT2D eigenvalue weighted by molar-refractivity contribution is 0.0678. The zero-order chi connectivity index (χ0) is 14.3. The van der Waals surface area contributed by atoms with Gasteiger partial charge in [0.25, 0.3) is 5.56 Å². The molecule has 19 heavy (non-hydrogen) atoms. The first kappa shape index (κ1) is 16.1. The van der Waals surface area contributed by atoms with Gasteiger partial charge in [-0.25, -0.2) is 4.98 Å². The second-order valence-corrected chi connectivity index (χ2v) is 4.93. The van der Waals surface area contributed by atoms with Crippen LogP contribution in [0.2, 0.25) is 5.15 Å². The summed E-state index contributed by atoms with van der Waals surface area (Å²) < 4.78 is 11.9. The van der Waals surface area contributed by atoms with Gasteiger partial charge in [-0.3, -0.25) is 9.36 Å². The van der Waals surface area contributed by atoms with Crippen LogP contribution in [0.4, 0.5) is 0 Å². The van der Waals surface area contributed by atoms with E-state index in [0.717, 1.165) is 12.2 Å². The van der Waals surface area contributed by atoms with Gasteiger partial charge < -0.3 is 9.47 Å². The summed E-state index contributed by atoms with van der Waals surface area (Å²) in [5.41, 5.74) is -0.111. The molecule has 0 aliphatic heterocycles. The third-order valence-electron chi connectivity index (χ3n) is 2.63. The molecule has 0 aliphatic rings. The van der Waals surface area contributed by atoms with Gasteiger partial charge in [-0.05, 0) is 6.42 Å². The number of methoxy groups -OCH3 is 1. The maximum Gasteiger partial charge on any atom is 0.254 e. The number of hydrogen-bond donors (Lipinski definition) is 0. The van der Waals surface area contributed by atoms with Gasteiger partial charge in [0.05, 0.1) is 13.2 Å². The van der Waals surface area contributed by atoms with Gasteiger partial charge in [-0.15, -0.1) is 0 Å². The van der Waals surface area contributed by atoms with Crippen molar-refractivity contribution in [1.82, 2.24) is 9.55 Å². The fourth-order valence-corrected chi connectivity index (χ4v) is 1.91. The predicted molar refractivity (Wildman–Crippen MR) is 74.9 cm³/mol. The molecule has 0 spiro atoms. The predicted octanol–water partition coefficient (Wildman–Crippen LogP) is 2.07. The molecule has 0 fully saturated rings. The van der Waals surface area contributed by atoms with Crippen LogP contribution in [0, 0.1) is 0 Å². The van der Waals surface area contributed by atoms with Crippen LogP contribution in [0.25, 0.3) is 0 Å². The van der Waals surface area contributed by atoms with Crippen molar-refractivity contribution in [2.45, 2.75) is 32.7 Å². The highest BCUT2D eigenvalue weighted by Gasteiger charge is 2.10. The van der Waals surface area contributed by atoms with Crippen LogP contribution in [0.3, 0.4) is 0 Å². The Labute approximate surface area is 118 Å². The standard InChI is InChI=1S/C13H21ClN2O3/c1-10(2)13-15-11(14)9-12(17)16(13)5-4-6-19-8-7-18-3/h9-10H,4-8H2,1-3H3. The van der Waals surface area contributed by atoms with E-state index in [9.17, 15) is 4.79 Å². The molecule has 0 radical (unpaired) electrons. The Hall–Kier alpha value is -0.910. The number of nitrogens with zero attached hydrogens (tertiary/aromatic N) is 2. The van der Waals surface area contributed by atoms with Gasteiger partial charge in [0.1, 0.15) is 11.0 Å². The maximum atomic E-state index is 11.9. The molecule has 108 valence electrons. The number of halogens is 1. The van der Waals surface area contributed by atoms with Crippen molar-refractivity contribution in [2.75, 3.05) is 26.9 Å². The molecule has 0 N–H and O–H groups in total. The highest BCUT2D eigenvalue weighted by atomic mass is 35.5. The Morgan fingerprint density at radius 1 is 1.37 bits per heavy atom. The molecule has 1 rings (SSSR count). The van der Waals surface area contributed by atoms with E-state index < -0.39 is 0 Å². The molecule has 0 saturated heterocycles. The van der Waals surface area contributed by atoms with Crippen molar-refractivity contribution in [3.8, 4) is 0 Å². The first-order valence-corrected chi connectivity index (χ1v) is 6.78. The highest BCUT2D eigenvalue weighted by Crippen LogP contribution is 2.12. The molecule has 0 atom stereocenters. The first-order valence-electron chi connectivity index (χ1n) is 6.40. The number of ether oxygens (including phenoxy) is 2. The summed E-state index contributed by atoms with van der Waals surface area (Å²) in [7, 11) is 1.64. The minimum Gasteiger partial charge on any atom is -0.382 e. The van der Waals surface area contributed by atoms with Crippen LogP contribution >= 0.6 is 11.6 Å². The average Bonchev–Trinajstić information content (AvgIpc) is 2.34. The molecule has 0 aromatic carbocycles.